The number of morpholine rings is 1. The Labute approximate surface area is 271 Å². The van der Waals surface area contributed by atoms with Crippen molar-refractivity contribution in [3.63, 3.8) is 0 Å². The number of hydrogen-bond acceptors (Lipinski definition) is 13. The number of phenolic OH excluding ortho intramolecular Hbond substituents is 2. The van der Waals surface area contributed by atoms with Gasteiger partial charge >= 0.3 is 0 Å². The van der Waals surface area contributed by atoms with Gasteiger partial charge in [-0.15, -0.1) is 0 Å². The zero-order chi connectivity index (χ0) is 33.9. The number of hydrogen-bond donors (Lipinski definition) is 4. The van der Waals surface area contributed by atoms with Gasteiger partial charge in [-0.3, -0.25) is 19.3 Å². The molecule has 2 aromatic carbocycles. The number of phenols is 2. The minimum absolute atomic E-state index is 0.0124. The van der Waals surface area contributed by atoms with Crippen molar-refractivity contribution in [2.24, 2.45) is 5.92 Å². The van der Waals surface area contributed by atoms with Crippen molar-refractivity contribution in [3.8, 4) is 17.2 Å². The lowest BCUT2D eigenvalue weighted by Crippen LogP contribution is -2.59. The Balaban J connectivity index is 1.44. The average molecular weight is 656 g/mol. The highest BCUT2D eigenvalue weighted by Crippen LogP contribution is 2.53. The standard InChI is InChI=1S/C34H41NO12/c1-15(2)33(41)34(42)12-18-25(32(40)27-26(30(18)38)29(37)17-7-6-8-20(43-4)24(17)31(27)39)21(13-34)47-22-11-19(28(36)16(3)46-22)35-9-10-45-23(14-35)44-5/h6-8,15-16,19,21-23,28,36,38,40,42H,9-14H2,1-5H3/t16-,19-,21-,22-,23-,28+,34-/m0/s1. The van der Waals surface area contributed by atoms with Crippen LogP contribution >= 0.6 is 0 Å². The highest BCUT2D eigenvalue weighted by Gasteiger charge is 2.51. The van der Waals surface area contributed by atoms with Crippen LogP contribution in [0.2, 0.25) is 0 Å². The molecule has 254 valence electrons. The van der Waals surface area contributed by atoms with E-state index < -0.39 is 94.8 Å². The molecule has 0 radical (unpaired) electrons. The first-order chi connectivity index (χ1) is 22.3. The number of fused-ring (bicyclic) bond motifs is 3. The highest BCUT2D eigenvalue weighted by atomic mass is 16.7. The first kappa shape index (κ1) is 33.5. The summed E-state index contributed by atoms with van der Waals surface area (Å²) >= 11 is 0. The maximum atomic E-state index is 13.9. The van der Waals surface area contributed by atoms with Gasteiger partial charge in [-0.1, -0.05) is 26.0 Å². The molecule has 0 saturated carbocycles. The third-order valence-electron chi connectivity index (χ3n) is 9.85. The van der Waals surface area contributed by atoms with Crippen LogP contribution < -0.4 is 4.74 Å². The van der Waals surface area contributed by atoms with Gasteiger partial charge < -0.3 is 44.1 Å². The summed E-state index contributed by atoms with van der Waals surface area (Å²) in [7, 11) is 2.89. The fourth-order valence-corrected chi connectivity index (χ4v) is 7.50. The fraction of sp³-hybridized carbons (Fsp3) is 0.559. The van der Waals surface area contributed by atoms with E-state index in [0.717, 1.165) is 0 Å². The number of ketones is 3. The van der Waals surface area contributed by atoms with Crippen LogP contribution in [-0.4, -0.2) is 113 Å². The molecule has 6 rings (SSSR count). The minimum atomic E-state index is -2.04. The molecule has 13 nitrogen and oxygen atoms in total. The molecule has 2 saturated heterocycles. The van der Waals surface area contributed by atoms with E-state index in [-0.39, 0.29) is 40.8 Å². The molecule has 2 heterocycles. The highest BCUT2D eigenvalue weighted by molar-refractivity contribution is 6.31. The predicted molar refractivity (Wildman–Crippen MR) is 164 cm³/mol. The van der Waals surface area contributed by atoms with E-state index in [2.05, 4.69) is 0 Å². The molecule has 0 spiro atoms. The molecular weight excluding hydrogens is 614 g/mol. The molecular formula is C34H41NO12. The van der Waals surface area contributed by atoms with Crippen LogP contribution in [-0.2, 0) is 30.2 Å². The molecule has 2 aliphatic carbocycles. The van der Waals surface area contributed by atoms with Gasteiger partial charge in [0.15, 0.2) is 24.1 Å². The van der Waals surface area contributed by atoms with Gasteiger partial charge in [-0.25, -0.2) is 0 Å². The van der Waals surface area contributed by atoms with E-state index in [9.17, 15) is 34.8 Å². The van der Waals surface area contributed by atoms with Crippen molar-refractivity contribution >= 4 is 17.3 Å². The lowest BCUT2D eigenvalue weighted by atomic mass is 9.70. The zero-order valence-electron chi connectivity index (χ0n) is 27.0. The number of carbonyl (C=O) groups excluding carboxylic acids is 3. The van der Waals surface area contributed by atoms with E-state index in [1.807, 2.05) is 4.90 Å². The lowest BCUT2D eigenvalue weighted by Gasteiger charge is -2.47. The summed E-state index contributed by atoms with van der Waals surface area (Å²) in [6.45, 7) is 6.28. The summed E-state index contributed by atoms with van der Waals surface area (Å²) in [5.41, 5.74) is -3.03. The van der Waals surface area contributed by atoms with Crippen molar-refractivity contribution in [3.05, 3.63) is 51.6 Å². The van der Waals surface area contributed by atoms with Gasteiger partial charge in [-0.2, -0.15) is 0 Å². The number of aromatic hydroxyl groups is 2. The minimum Gasteiger partial charge on any atom is -0.507 e. The summed E-state index contributed by atoms with van der Waals surface area (Å²) in [6.07, 6.45) is -4.87. The third-order valence-corrected chi connectivity index (χ3v) is 9.85. The Morgan fingerprint density at radius 2 is 1.79 bits per heavy atom. The lowest BCUT2D eigenvalue weighted by molar-refractivity contribution is -0.266. The van der Waals surface area contributed by atoms with Crippen LogP contribution in [0.1, 0.15) is 82.7 Å². The molecule has 4 aliphatic rings. The van der Waals surface area contributed by atoms with Crippen molar-refractivity contribution in [1.29, 1.82) is 0 Å². The van der Waals surface area contributed by atoms with E-state index in [0.29, 0.717) is 19.7 Å². The molecule has 0 unspecified atom stereocenters. The number of benzene rings is 2. The topological polar surface area (TPSA) is 182 Å². The second-order valence-electron chi connectivity index (χ2n) is 13.0. The van der Waals surface area contributed by atoms with E-state index in [1.54, 1.807) is 20.8 Å². The molecule has 2 aromatic rings. The quantitative estimate of drug-likeness (QED) is 0.272. The summed E-state index contributed by atoms with van der Waals surface area (Å²) in [6, 6.07) is 4.05. The van der Waals surface area contributed by atoms with Crippen LogP contribution in [0.15, 0.2) is 18.2 Å². The Hall–Kier alpha value is -3.43. The summed E-state index contributed by atoms with van der Waals surface area (Å²) in [4.78, 5) is 43.2. The molecule has 2 fully saturated rings. The number of aliphatic hydroxyl groups excluding tert-OH is 1. The van der Waals surface area contributed by atoms with E-state index in [1.165, 1.54) is 32.4 Å². The van der Waals surface area contributed by atoms with Crippen LogP contribution in [0.5, 0.6) is 17.2 Å². The summed E-state index contributed by atoms with van der Waals surface area (Å²) in [5.74, 6) is -3.65. The molecule has 7 atom stereocenters. The SMILES string of the molecule is COc1cccc2c1C(=O)c1c(O)c3c(c(O)c1C2=O)C[C@@](O)(C(=O)C(C)C)C[C@@H]3O[C@H]1C[C@H](N2CCO[C@H](OC)C2)[C@H](O)[C@H](C)O1. The second kappa shape index (κ2) is 12.5. The number of carbonyl (C=O) groups is 3. The van der Waals surface area contributed by atoms with Gasteiger partial charge in [0.2, 0.25) is 5.78 Å². The van der Waals surface area contributed by atoms with Crippen LogP contribution in [0.4, 0.5) is 0 Å². The largest absolute Gasteiger partial charge is 0.507 e. The van der Waals surface area contributed by atoms with Crippen LogP contribution in [0.3, 0.4) is 0 Å². The molecule has 13 heteroatoms. The molecule has 0 bridgehead atoms. The van der Waals surface area contributed by atoms with Gasteiger partial charge in [0.05, 0.1) is 48.7 Å². The molecule has 47 heavy (non-hydrogen) atoms. The van der Waals surface area contributed by atoms with E-state index >= 15 is 0 Å². The van der Waals surface area contributed by atoms with Gasteiger partial charge in [0, 0.05) is 68.1 Å². The molecule has 0 amide bonds. The Bertz CT molecular complexity index is 1610. The van der Waals surface area contributed by atoms with Gasteiger partial charge in [-0.05, 0) is 13.0 Å². The van der Waals surface area contributed by atoms with E-state index in [4.69, 9.17) is 23.7 Å². The molecule has 2 aliphatic heterocycles. The van der Waals surface area contributed by atoms with Crippen molar-refractivity contribution in [2.75, 3.05) is 33.9 Å². The van der Waals surface area contributed by atoms with Crippen LogP contribution in [0.25, 0.3) is 0 Å². The normalized spacial score (nSPS) is 30.9. The smallest absolute Gasteiger partial charge is 0.202 e. The van der Waals surface area contributed by atoms with Gasteiger partial charge in [0.25, 0.3) is 0 Å². The van der Waals surface area contributed by atoms with Crippen molar-refractivity contribution < 1.29 is 58.5 Å². The Morgan fingerprint density at radius 1 is 1.06 bits per heavy atom. The number of Topliss-reactive ketones (excluding diaryl/α,β-unsaturated/α-hetero) is 1. The average Bonchev–Trinajstić information content (AvgIpc) is 3.05. The van der Waals surface area contributed by atoms with Crippen LogP contribution in [0, 0.1) is 5.92 Å². The van der Waals surface area contributed by atoms with Gasteiger partial charge in [0.1, 0.15) is 22.8 Å². The number of methoxy groups -OCH3 is 2. The number of aliphatic hydroxyl groups is 2. The van der Waals surface area contributed by atoms with Crippen molar-refractivity contribution in [2.45, 2.75) is 82.6 Å². The summed E-state index contributed by atoms with van der Waals surface area (Å²) < 4.78 is 28.8. The second-order valence-corrected chi connectivity index (χ2v) is 13.0. The maximum absolute atomic E-state index is 13.9. The summed E-state index contributed by atoms with van der Waals surface area (Å²) in [5, 5.41) is 46.4. The number of rotatable bonds is 7. The number of nitrogens with zero attached hydrogens (tertiary/aromatic N) is 1. The number of ether oxygens (including phenoxy) is 5. The third kappa shape index (κ3) is 5.53. The maximum Gasteiger partial charge on any atom is 0.202 e. The Kier molecular flexibility index (Phi) is 8.94. The monoisotopic (exact) mass is 655 g/mol. The first-order valence-corrected chi connectivity index (χ1v) is 15.8. The fourth-order valence-electron chi connectivity index (χ4n) is 7.50. The zero-order valence-corrected chi connectivity index (χ0v) is 27.0. The van der Waals surface area contributed by atoms with Crippen molar-refractivity contribution in [1.82, 2.24) is 4.90 Å². The molecule has 0 aromatic heterocycles. The predicted octanol–water partition coefficient (Wildman–Crippen LogP) is 2.01. The Morgan fingerprint density at radius 3 is 2.47 bits per heavy atom. The molecule has 4 N–H and O–H groups in total. The first-order valence-electron chi connectivity index (χ1n) is 15.8.